The van der Waals surface area contributed by atoms with E-state index in [4.69, 9.17) is 4.74 Å². The maximum absolute atomic E-state index is 12.5. The molecule has 0 bridgehead atoms. The van der Waals surface area contributed by atoms with Gasteiger partial charge in [0.25, 0.3) is 5.91 Å². The lowest BCUT2D eigenvalue weighted by Gasteiger charge is -2.30. The van der Waals surface area contributed by atoms with Gasteiger partial charge in [-0.1, -0.05) is 19.8 Å². The molecule has 0 aliphatic heterocycles. The molecular formula is C20H31N2O2+. The minimum absolute atomic E-state index is 0.226. The minimum atomic E-state index is 0.226. The zero-order valence-electron chi connectivity index (χ0n) is 15.0. The van der Waals surface area contributed by atoms with E-state index in [9.17, 15) is 4.79 Å². The number of nitrogens with one attached hydrogen (secondary N) is 2. The Morgan fingerprint density at radius 3 is 2.50 bits per heavy atom. The van der Waals surface area contributed by atoms with Gasteiger partial charge in [0, 0.05) is 24.4 Å². The highest BCUT2D eigenvalue weighted by Gasteiger charge is 2.35. The Hall–Kier alpha value is -1.55. The predicted molar refractivity (Wildman–Crippen MR) is 95.1 cm³/mol. The quantitative estimate of drug-likeness (QED) is 0.802. The van der Waals surface area contributed by atoms with E-state index in [1.807, 2.05) is 12.1 Å². The van der Waals surface area contributed by atoms with Crippen molar-refractivity contribution in [1.29, 1.82) is 0 Å². The zero-order valence-corrected chi connectivity index (χ0v) is 15.0. The molecule has 1 amide bonds. The topological polar surface area (TPSA) is 42.8 Å². The summed E-state index contributed by atoms with van der Waals surface area (Å²) in [7, 11) is 1.69. The van der Waals surface area contributed by atoms with Crippen LogP contribution in [0.5, 0.6) is 5.75 Å². The van der Waals surface area contributed by atoms with Crippen molar-refractivity contribution in [2.24, 2.45) is 5.92 Å². The fraction of sp³-hybridized carbons (Fsp3) is 0.650. The molecule has 1 aromatic carbocycles. The van der Waals surface area contributed by atoms with Gasteiger partial charge in [-0.25, -0.2) is 0 Å². The van der Waals surface area contributed by atoms with Gasteiger partial charge in [-0.05, 0) is 43.0 Å². The number of rotatable bonds is 7. The standard InChI is InChI=1S/C20H30N2O2/c1-15-5-3-4-6-19(15)21-20(23)14-22(17-9-10-17)13-16-7-11-18(24-2)12-8-16/h7-8,11-12,15,17,19H,3-6,9-10,13-14H2,1-2H3,(H,21,23)/p+1/t15-,19+/m0/s1. The van der Waals surface area contributed by atoms with E-state index >= 15 is 0 Å². The molecule has 0 heterocycles. The third-order valence-corrected chi connectivity index (χ3v) is 5.59. The van der Waals surface area contributed by atoms with Crippen LogP contribution in [0.3, 0.4) is 0 Å². The summed E-state index contributed by atoms with van der Waals surface area (Å²) in [5.41, 5.74) is 1.27. The van der Waals surface area contributed by atoms with E-state index < -0.39 is 0 Å². The van der Waals surface area contributed by atoms with Crippen molar-refractivity contribution in [3.8, 4) is 5.75 Å². The SMILES string of the molecule is COc1ccc(C[NH+](CC(=O)N[C@@H]2CCCC[C@@H]2C)C2CC2)cc1. The summed E-state index contributed by atoms with van der Waals surface area (Å²) in [6.07, 6.45) is 7.45. The molecule has 3 atom stereocenters. The van der Waals surface area contributed by atoms with Gasteiger partial charge < -0.3 is 15.0 Å². The lowest BCUT2D eigenvalue weighted by molar-refractivity contribution is -0.917. The lowest BCUT2D eigenvalue weighted by atomic mass is 9.86. The Morgan fingerprint density at radius 1 is 1.17 bits per heavy atom. The normalized spacial score (nSPS) is 25.1. The molecule has 0 saturated heterocycles. The fourth-order valence-electron chi connectivity index (χ4n) is 3.84. The summed E-state index contributed by atoms with van der Waals surface area (Å²) in [6, 6.07) is 9.27. The molecule has 2 fully saturated rings. The summed E-state index contributed by atoms with van der Waals surface area (Å²) >= 11 is 0. The highest BCUT2D eigenvalue weighted by Crippen LogP contribution is 2.23. The first kappa shape index (κ1) is 17.3. The van der Waals surface area contributed by atoms with Crippen molar-refractivity contribution < 1.29 is 14.4 Å². The second-order valence-electron chi connectivity index (χ2n) is 7.57. The molecule has 4 nitrogen and oxygen atoms in total. The van der Waals surface area contributed by atoms with Crippen molar-refractivity contribution >= 4 is 5.91 Å². The number of amides is 1. The van der Waals surface area contributed by atoms with Crippen molar-refractivity contribution in [3.05, 3.63) is 29.8 Å². The molecule has 2 N–H and O–H groups in total. The van der Waals surface area contributed by atoms with E-state index in [0.29, 0.717) is 24.5 Å². The van der Waals surface area contributed by atoms with Crippen molar-refractivity contribution in [2.45, 2.75) is 64.1 Å². The van der Waals surface area contributed by atoms with Gasteiger partial charge >= 0.3 is 0 Å². The Kier molecular flexibility index (Phi) is 5.77. The molecule has 2 aliphatic carbocycles. The summed E-state index contributed by atoms with van der Waals surface area (Å²) in [4.78, 5) is 13.9. The van der Waals surface area contributed by atoms with Crippen LogP contribution in [-0.2, 0) is 11.3 Å². The molecule has 0 spiro atoms. The van der Waals surface area contributed by atoms with Crippen LogP contribution in [0.1, 0.15) is 51.0 Å². The zero-order chi connectivity index (χ0) is 16.9. The first-order chi connectivity index (χ1) is 11.7. The molecule has 0 aromatic heterocycles. The maximum Gasteiger partial charge on any atom is 0.275 e. The van der Waals surface area contributed by atoms with Gasteiger partial charge in [-0.3, -0.25) is 4.79 Å². The smallest absolute Gasteiger partial charge is 0.275 e. The average molecular weight is 331 g/mol. The highest BCUT2D eigenvalue weighted by molar-refractivity contribution is 5.77. The van der Waals surface area contributed by atoms with Crippen molar-refractivity contribution in [1.82, 2.24) is 5.32 Å². The molecular weight excluding hydrogens is 300 g/mol. The molecule has 1 unspecified atom stereocenters. The van der Waals surface area contributed by atoms with Gasteiger partial charge in [0.1, 0.15) is 12.3 Å². The van der Waals surface area contributed by atoms with E-state index in [-0.39, 0.29) is 5.91 Å². The number of carbonyl (C=O) groups excluding carboxylic acids is 1. The lowest BCUT2D eigenvalue weighted by Crippen LogP contribution is -3.13. The summed E-state index contributed by atoms with van der Waals surface area (Å²) in [6.45, 7) is 3.79. The van der Waals surface area contributed by atoms with E-state index in [2.05, 4.69) is 24.4 Å². The number of ether oxygens (including phenoxy) is 1. The molecule has 2 aliphatic rings. The molecule has 4 heteroatoms. The van der Waals surface area contributed by atoms with Crippen LogP contribution in [-0.4, -0.2) is 31.6 Å². The molecule has 2 saturated carbocycles. The monoisotopic (exact) mass is 331 g/mol. The van der Waals surface area contributed by atoms with Gasteiger partial charge in [0.05, 0.1) is 13.2 Å². The fourth-order valence-corrected chi connectivity index (χ4v) is 3.84. The average Bonchev–Trinajstić information content (AvgIpc) is 3.42. The maximum atomic E-state index is 12.5. The summed E-state index contributed by atoms with van der Waals surface area (Å²) < 4.78 is 5.22. The largest absolute Gasteiger partial charge is 0.497 e. The van der Waals surface area contributed by atoms with Crippen LogP contribution >= 0.6 is 0 Å². The highest BCUT2D eigenvalue weighted by atomic mass is 16.5. The number of methoxy groups -OCH3 is 1. The van der Waals surface area contributed by atoms with Crippen LogP contribution in [0.15, 0.2) is 24.3 Å². The first-order valence-electron chi connectivity index (χ1n) is 9.42. The Bertz CT molecular complexity index is 539. The molecule has 0 radical (unpaired) electrons. The summed E-state index contributed by atoms with van der Waals surface area (Å²) in [5.74, 6) is 1.73. The van der Waals surface area contributed by atoms with Gasteiger partial charge in [0.15, 0.2) is 6.54 Å². The van der Waals surface area contributed by atoms with Crippen LogP contribution in [0.25, 0.3) is 0 Å². The van der Waals surface area contributed by atoms with Crippen LogP contribution in [0.4, 0.5) is 0 Å². The Balaban J connectivity index is 1.54. The second kappa shape index (κ2) is 8.02. The second-order valence-corrected chi connectivity index (χ2v) is 7.57. The molecule has 132 valence electrons. The van der Waals surface area contributed by atoms with Crippen LogP contribution in [0, 0.1) is 5.92 Å². The van der Waals surface area contributed by atoms with Crippen molar-refractivity contribution in [3.63, 3.8) is 0 Å². The van der Waals surface area contributed by atoms with Gasteiger partial charge in [0.2, 0.25) is 0 Å². The summed E-state index contributed by atoms with van der Waals surface area (Å²) in [5, 5.41) is 3.31. The number of benzene rings is 1. The number of quaternary nitrogens is 1. The number of hydrogen-bond donors (Lipinski definition) is 2. The third-order valence-electron chi connectivity index (χ3n) is 5.59. The molecule has 1 aromatic rings. The molecule has 24 heavy (non-hydrogen) atoms. The Labute approximate surface area is 145 Å². The van der Waals surface area contributed by atoms with E-state index in [1.165, 1.54) is 42.6 Å². The minimum Gasteiger partial charge on any atom is -0.497 e. The van der Waals surface area contributed by atoms with Crippen molar-refractivity contribution in [2.75, 3.05) is 13.7 Å². The Morgan fingerprint density at radius 2 is 1.88 bits per heavy atom. The van der Waals surface area contributed by atoms with Crippen LogP contribution < -0.4 is 15.0 Å². The first-order valence-corrected chi connectivity index (χ1v) is 9.42. The molecule has 3 rings (SSSR count). The predicted octanol–water partition coefficient (Wildman–Crippen LogP) is 1.94. The number of hydrogen-bond acceptors (Lipinski definition) is 2. The third kappa shape index (κ3) is 4.73. The number of carbonyl (C=O) groups is 1. The van der Waals surface area contributed by atoms with Gasteiger partial charge in [-0.2, -0.15) is 0 Å². The van der Waals surface area contributed by atoms with E-state index in [0.717, 1.165) is 18.7 Å². The van der Waals surface area contributed by atoms with Crippen LogP contribution in [0.2, 0.25) is 0 Å². The van der Waals surface area contributed by atoms with Gasteiger partial charge in [-0.15, -0.1) is 0 Å². The van der Waals surface area contributed by atoms with E-state index in [1.54, 1.807) is 7.11 Å².